The first kappa shape index (κ1) is 28.4. The molecule has 44 heavy (non-hydrogen) atoms. The van der Waals surface area contributed by atoms with Gasteiger partial charge in [-0.15, -0.1) is 0 Å². The fourth-order valence-corrected chi connectivity index (χ4v) is 11.9. The first-order valence-electron chi connectivity index (χ1n) is 17.4. The Kier molecular flexibility index (Phi) is 5.80. The van der Waals surface area contributed by atoms with Crippen LogP contribution >= 0.6 is 0 Å². The molecule has 0 bridgehead atoms. The quantitative estimate of drug-likeness (QED) is 0.227. The summed E-state index contributed by atoms with van der Waals surface area (Å²) in [5.41, 5.74) is 20.0. The molecule has 0 heteroatoms. The highest BCUT2D eigenvalue weighted by molar-refractivity contribution is 6.10. The molecule has 1 fully saturated rings. The third-order valence-corrected chi connectivity index (χ3v) is 12.7. The molecule has 0 heterocycles. The summed E-state index contributed by atoms with van der Waals surface area (Å²) in [6, 6.07) is 22.0. The maximum absolute atomic E-state index is 2.63. The molecule has 0 N–H and O–H groups in total. The van der Waals surface area contributed by atoms with Crippen LogP contribution in [-0.4, -0.2) is 0 Å². The maximum Gasteiger partial charge on any atom is 0.0288 e. The normalized spacial score (nSPS) is 25.6. The lowest BCUT2D eigenvalue weighted by Gasteiger charge is -2.66. The number of aryl methyl sites for hydroxylation is 3. The fourth-order valence-electron chi connectivity index (χ4n) is 11.9. The van der Waals surface area contributed by atoms with Crippen molar-refractivity contribution < 1.29 is 0 Å². The second kappa shape index (κ2) is 8.99. The van der Waals surface area contributed by atoms with E-state index in [1.807, 2.05) is 0 Å². The van der Waals surface area contributed by atoms with Crippen molar-refractivity contribution in [1.82, 2.24) is 0 Å². The summed E-state index contributed by atoms with van der Waals surface area (Å²) in [5.74, 6) is 3.83. The zero-order valence-corrected chi connectivity index (χ0v) is 28.9. The van der Waals surface area contributed by atoms with Crippen molar-refractivity contribution in [1.29, 1.82) is 0 Å². The van der Waals surface area contributed by atoms with Gasteiger partial charge in [-0.05, 0) is 140 Å². The van der Waals surface area contributed by atoms with Crippen LogP contribution in [0.25, 0.3) is 33.0 Å². The molecule has 2 atom stereocenters. The van der Waals surface area contributed by atoms with Gasteiger partial charge in [0.1, 0.15) is 0 Å². The number of hydrogen-bond acceptors (Lipinski definition) is 0. The Hall–Kier alpha value is -3.12. The average Bonchev–Trinajstić information content (AvgIpc) is 3.52. The van der Waals surface area contributed by atoms with Gasteiger partial charge in [-0.25, -0.2) is 0 Å². The molecule has 0 amide bonds. The second-order valence-corrected chi connectivity index (χ2v) is 16.6. The van der Waals surface area contributed by atoms with E-state index in [4.69, 9.17) is 0 Å². The van der Waals surface area contributed by atoms with Gasteiger partial charge < -0.3 is 0 Å². The zero-order chi connectivity index (χ0) is 31.2. The molecule has 4 aromatic rings. The number of benzene rings is 4. The van der Waals surface area contributed by atoms with E-state index < -0.39 is 0 Å². The molecule has 0 aliphatic heterocycles. The van der Waals surface area contributed by atoms with Crippen LogP contribution in [0.2, 0.25) is 0 Å². The van der Waals surface area contributed by atoms with Gasteiger partial charge in [0.2, 0.25) is 0 Å². The van der Waals surface area contributed by atoms with E-state index in [-0.39, 0.29) is 10.8 Å². The lowest BCUT2D eigenvalue weighted by Crippen LogP contribution is -2.64. The van der Waals surface area contributed by atoms with Gasteiger partial charge in [-0.2, -0.15) is 0 Å². The van der Waals surface area contributed by atoms with Crippen molar-refractivity contribution in [3.8, 4) is 11.1 Å². The predicted octanol–water partition coefficient (Wildman–Crippen LogP) is 11.6. The molecule has 0 nitrogen and oxygen atoms in total. The van der Waals surface area contributed by atoms with Crippen molar-refractivity contribution in [2.45, 2.75) is 93.4 Å². The fraction of sp³-hybridized carbons (Fsp3) is 0.455. The topological polar surface area (TPSA) is 0 Å². The maximum atomic E-state index is 2.63. The molecule has 8 rings (SSSR count). The average molecular weight is 579 g/mol. The SMILES string of the molecule is Cc1cc(C)c2c(C)cc3c(c2c1)C1(c2ccc4c(c2-3)C(C)(C)C2=C4Cc3ccccc32)C(C(C)C)C(C(C)C)C1C(C)C. The van der Waals surface area contributed by atoms with E-state index in [1.54, 1.807) is 39.0 Å². The largest absolute Gasteiger partial charge is 0.0625 e. The summed E-state index contributed by atoms with van der Waals surface area (Å²) in [6.07, 6.45) is 1.06. The van der Waals surface area contributed by atoms with Crippen molar-refractivity contribution in [2.24, 2.45) is 35.5 Å². The van der Waals surface area contributed by atoms with Crippen LogP contribution in [0.1, 0.15) is 105 Å². The van der Waals surface area contributed by atoms with Gasteiger partial charge in [0, 0.05) is 10.8 Å². The Bertz CT molecular complexity index is 1920. The number of allylic oxidation sites excluding steroid dienone is 2. The third kappa shape index (κ3) is 3.16. The number of hydrogen-bond donors (Lipinski definition) is 0. The van der Waals surface area contributed by atoms with Crippen LogP contribution in [0.15, 0.2) is 54.6 Å². The summed E-state index contributed by atoms with van der Waals surface area (Å²) in [7, 11) is 0. The Labute approximate surface area is 266 Å². The standard InChI is InChI=1S/C44H50/c1-22(2)35-38(23(3)4)44(39(35)24(5)6)34-17-16-30-31-21-28-14-12-13-15-29(28)40(31)43(10,11)42(30)37(34)33-20-27(9)36-26(8)18-25(7)19-32(36)41(33)44/h12-20,22-24,35,38-39H,21H2,1-11H3. The Morgan fingerprint density at radius 3 is 2.00 bits per heavy atom. The molecule has 4 aliphatic rings. The molecular weight excluding hydrogens is 528 g/mol. The van der Waals surface area contributed by atoms with Crippen LogP contribution in [0.4, 0.5) is 0 Å². The minimum atomic E-state index is -0.0430. The zero-order valence-electron chi connectivity index (χ0n) is 28.9. The first-order chi connectivity index (χ1) is 20.8. The molecule has 4 aliphatic carbocycles. The Morgan fingerprint density at radius 1 is 0.682 bits per heavy atom. The van der Waals surface area contributed by atoms with Crippen molar-refractivity contribution in [2.75, 3.05) is 0 Å². The van der Waals surface area contributed by atoms with Crippen LogP contribution in [-0.2, 0) is 17.3 Å². The highest BCUT2D eigenvalue weighted by atomic mass is 14.7. The summed E-state index contributed by atoms with van der Waals surface area (Å²) in [5, 5.41) is 3.02. The lowest BCUT2D eigenvalue weighted by atomic mass is 9.37. The molecule has 0 aromatic heterocycles. The molecule has 1 saturated carbocycles. The Balaban J connectivity index is 1.53. The summed E-state index contributed by atoms with van der Waals surface area (Å²) >= 11 is 0. The molecule has 226 valence electrons. The van der Waals surface area contributed by atoms with Gasteiger partial charge in [0.15, 0.2) is 0 Å². The number of rotatable bonds is 3. The summed E-state index contributed by atoms with van der Waals surface area (Å²) < 4.78 is 0. The molecule has 0 saturated heterocycles. The predicted molar refractivity (Wildman–Crippen MR) is 189 cm³/mol. The van der Waals surface area contributed by atoms with E-state index >= 15 is 0 Å². The van der Waals surface area contributed by atoms with Gasteiger partial charge in [-0.3, -0.25) is 0 Å². The third-order valence-electron chi connectivity index (χ3n) is 12.7. The minimum Gasteiger partial charge on any atom is -0.0625 e. The summed E-state index contributed by atoms with van der Waals surface area (Å²) in [6.45, 7) is 27.2. The smallest absolute Gasteiger partial charge is 0.0288 e. The van der Waals surface area contributed by atoms with E-state index in [2.05, 4.69) is 131 Å². The van der Waals surface area contributed by atoms with Gasteiger partial charge >= 0.3 is 0 Å². The van der Waals surface area contributed by atoms with Gasteiger partial charge in [0.05, 0.1) is 0 Å². The highest BCUT2D eigenvalue weighted by Crippen LogP contribution is 2.74. The van der Waals surface area contributed by atoms with Crippen LogP contribution in [0.3, 0.4) is 0 Å². The van der Waals surface area contributed by atoms with Gasteiger partial charge in [0.25, 0.3) is 0 Å². The Morgan fingerprint density at radius 2 is 1.34 bits per heavy atom. The van der Waals surface area contributed by atoms with E-state index in [0.29, 0.717) is 35.5 Å². The van der Waals surface area contributed by atoms with Gasteiger partial charge in [-0.1, -0.05) is 116 Å². The first-order valence-corrected chi connectivity index (χ1v) is 17.4. The molecular formula is C44H50. The van der Waals surface area contributed by atoms with Crippen molar-refractivity contribution in [3.05, 3.63) is 105 Å². The lowest BCUT2D eigenvalue weighted by molar-refractivity contribution is -0.105. The molecule has 4 aromatic carbocycles. The minimum absolute atomic E-state index is 0.0319. The monoisotopic (exact) mass is 578 g/mol. The molecule has 0 radical (unpaired) electrons. The molecule has 1 spiro atoms. The highest BCUT2D eigenvalue weighted by Gasteiger charge is 2.69. The van der Waals surface area contributed by atoms with Crippen molar-refractivity contribution in [3.63, 3.8) is 0 Å². The summed E-state index contributed by atoms with van der Waals surface area (Å²) in [4.78, 5) is 0. The van der Waals surface area contributed by atoms with E-state index in [1.165, 1.54) is 44.2 Å². The van der Waals surface area contributed by atoms with Crippen LogP contribution in [0.5, 0.6) is 0 Å². The van der Waals surface area contributed by atoms with E-state index in [0.717, 1.165) is 6.42 Å². The molecule has 2 unspecified atom stereocenters. The second-order valence-electron chi connectivity index (χ2n) is 16.6. The van der Waals surface area contributed by atoms with E-state index in [9.17, 15) is 0 Å². The van der Waals surface area contributed by atoms with Crippen LogP contribution < -0.4 is 0 Å². The number of fused-ring (bicyclic) bond motifs is 12. The van der Waals surface area contributed by atoms with Crippen LogP contribution in [0, 0.1) is 56.3 Å². The van der Waals surface area contributed by atoms with Crippen molar-refractivity contribution >= 4 is 21.9 Å².